The van der Waals surface area contributed by atoms with Gasteiger partial charge >= 0.3 is 20.5 Å². The van der Waals surface area contributed by atoms with E-state index in [1.807, 2.05) is 25.1 Å². The minimum atomic E-state index is -2.62. The Labute approximate surface area is 394 Å². The predicted octanol–water partition coefficient (Wildman–Crippen LogP) is 14.1. The third kappa shape index (κ3) is 10.4. The van der Waals surface area contributed by atoms with Gasteiger partial charge in [-0.1, -0.05) is 160 Å². The van der Waals surface area contributed by atoms with Crippen LogP contribution >= 0.6 is 0 Å². The molecule has 0 fully saturated rings. The number of hydrogen-bond acceptors (Lipinski definition) is 6. The second-order valence-corrected chi connectivity index (χ2v) is 34.1. The first-order chi connectivity index (χ1) is 30.7. The van der Waals surface area contributed by atoms with Gasteiger partial charge in [0, 0.05) is 5.41 Å². The molecule has 1 aliphatic rings. The van der Waals surface area contributed by atoms with Crippen molar-refractivity contribution in [1.82, 2.24) is 0 Å². The quantitative estimate of drug-likeness (QED) is 0.0415. The molecule has 0 spiro atoms. The summed E-state index contributed by atoms with van der Waals surface area (Å²) in [6.07, 6.45) is 2.89. The smallest absolute Gasteiger partial charge is 0.314 e. The first kappa shape index (κ1) is 50.0. The maximum Gasteiger partial charge on any atom is 0.314 e. The molecule has 3 unspecified atom stereocenters. The van der Waals surface area contributed by atoms with Crippen LogP contribution in [0.15, 0.2) is 140 Å². The number of esters is 2. The molecule has 5 aromatic rings. The largest absolute Gasteiger partial charge is 0.469 e. The summed E-state index contributed by atoms with van der Waals surface area (Å²) in [5, 5.41) is 0. The highest BCUT2D eigenvalue weighted by atomic mass is 28.5. The summed E-state index contributed by atoms with van der Waals surface area (Å²) in [5.74, 6) is -0.383. The molecule has 3 atom stereocenters. The number of rotatable bonds is 21. The molecule has 0 N–H and O–H groups in total. The van der Waals surface area contributed by atoms with Crippen LogP contribution < -0.4 is 0 Å². The first-order valence-corrected chi connectivity index (χ1v) is 33.0. The number of ether oxygens (including phenoxy) is 2. The molecule has 0 radical (unpaired) electrons. The summed E-state index contributed by atoms with van der Waals surface area (Å²) in [6.45, 7) is 24.3. The Balaban J connectivity index is 1.58. The number of carbonyl (C=O) groups excluding carboxylic acids is 2. The average molecular weight is 927 g/mol. The minimum absolute atomic E-state index is 0.134. The summed E-state index contributed by atoms with van der Waals surface area (Å²) in [7, 11) is -5.04. The number of methoxy groups -OCH3 is 1. The van der Waals surface area contributed by atoms with Crippen LogP contribution in [0.1, 0.15) is 87.6 Å². The van der Waals surface area contributed by atoms with Gasteiger partial charge in [-0.2, -0.15) is 0 Å². The second kappa shape index (κ2) is 19.8. The van der Waals surface area contributed by atoms with Gasteiger partial charge in [-0.05, 0) is 136 Å². The van der Waals surface area contributed by atoms with E-state index in [0.29, 0.717) is 24.8 Å². The lowest BCUT2D eigenvalue weighted by atomic mass is 9.50. The Bertz CT molecular complexity index is 2270. The first-order valence-electron chi connectivity index (χ1n) is 23.7. The summed E-state index contributed by atoms with van der Waals surface area (Å²) in [6, 6.07) is 49.3. The number of benzene rings is 5. The summed E-state index contributed by atoms with van der Waals surface area (Å²) < 4.78 is 26.4. The van der Waals surface area contributed by atoms with Crippen LogP contribution in [0, 0.1) is 16.7 Å². The summed E-state index contributed by atoms with van der Waals surface area (Å²) >= 11 is 0. The van der Waals surface area contributed by atoms with Crippen molar-refractivity contribution in [2.45, 2.75) is 123 Å². The van der Waals surface area contributed by atoms with Gasteiger partial charge in [0.25, 0.3) is 0 Å². The van der Waals surface area contributed by atoms with Crippen LogP contribution in [0.4, 0.5) is 0 Å². The Morgan fingerprint density at radius 2 is 1.06 bits per heavy atom. The molecule has 9 heteroatoms. The van der Waals surface area contributed by atoms with Gasteiger partial charge in [-0.3, -0.25) is 9.59 Å². The van der Waals surface area contributed by atoms with Gasteiger partial charge in [-0.25, -0.2) is 0 Å². The van der Waals surface area contributed by atoms with Crippen LogP contribution in [0.3, 0.4) is 0 Å². The molecule has 0 aromatic heterocycles. The van der Waals surface area contributed by atoms with Crippen molar-refractivity contribution < 1.29 is 27.3 Å². The van der Waals surface area contributed by atoms with Gasteiger partial charge in [0.05, 0.1) is 30.0 Å². The van der Waals surface area contributed by atoms with Gasteiger partial charge in [0.15, 0.2) is 16.6 Å². The number of carbonyl (C=O) groups is 2. The zero-order chi connectivity index (χ0) is 47.3. The zero-order valence-corrected chi connectivity index (χ0v) is 44.3. The van der Waals surface area contributed by atoms with Gasteiger partial charge < -0.3 is 17.7 Å². The van der Waals surface area contributed by atoms with Crippen molar-refractivity contribution in [3.63, 3.8) is 0 Å². The fraction of sp³-hybridized carbons (Fsp3) is 0.429. The highest BCUT2D eigenvalue weighted by molar-refractivity contribution is 6.87. The lowest BCUT2D eigenvalue weighted by Gasteiger charge is -2.51. The standard InChI is InChI=1S/C56H74O6Si3/c1-13-43(2)40-55(44-28-17-14-18-29-44,45-30-19-15-20-31-45)42-53(3,51(57)59-5)41-54(4,52(58)60-38-27-39-65(12,61-63(6,7)8)62-64(9,10)11)56(46-32-21-16-22-33-46)49-36-25-23-34-47(49)48-35-24-26-37-50(48)56/h14-26,28-37,43H,13,27,38-42H2,1-12H3. The zero-order valence-electron chi connectivity index (χ0n) is 41.3. The van der Waals surface area contributed by atoms with Gasteiger partial charge in [0.2, 0.25) is 0 Å². The molecule has 0 aliphatic heterocycles. The van der Waals surface area contributed by atoms with Crippen molar-refractivity contribution in [1.29, 1.82) is 0 Å². The van der Waals surface area contributed by atoms with E-state index in [9.17, 15) is 0 Å². The van der Waals surface area contributed by atoms with E-state index in [4.69, 9.17) is 17.7 Å². The van der Waals surface area contributed by atoms with E-state index in [1.54, 1.807) is 0 Å². The Morgan fingerprint density at radius 1 is 0.615 bits per heavy atom. The molecule has 6 rings (SSSR count). The molecule has 6 nitrogen and oxygen atoms in total. The van der Waals surface area contributed by atoms with E-state index >= 15 is 9.59 Å². The van der Waals surface area contributed by atoms with E-state index in [2.05, 4.69) is 188 Å². The third-order valence-corrected chi connectivity index (χ3v) is 23.3. The minimum Gasteiger partial charge on any atom is -0.469 e. The maximum absolute atomic E-state index is 16.1. The topological polar surface area (TPSA) is 71.1 Å². The molecule has 0 saturated carbocycles. The van der Waals surface area contributed by atoms with Crippen molar-refractivity contribution >= 4 is 37.1 Å². The Kier molecular flexibility index (Phi) is 15.3. The highest BCUT2D eigenvalue weighted by Crippen LogP contribution is 2.65. The normalized spacial score (nSPS) is 16.1. The fourth-order valence-corrected chi connectivity index (χ4v) is 24.0. The average Bonchev–Trinajstić information content (AvgIpc) is 3.58. The van der Waals surface area contributed by atoms with E-state index < -0.39 is 46.9 Å². The van der Waals surface area contributed by atoms with Crippen LogP contribution in [0.5, 0.6) is 0 Å². The van der Waals surface area contributed by atoms with E-state index in [-0.39, 0.29) is 25.0 Å². The Hall–Kier alpha value is -4.39. The molecule has 1 aliphatic carbocycles. The molecule has 0 amide bonds. The molecular formula is C56H74O6Si3. The maximum atomic E-state index is 16.1. The third-order valence-electron chi connectivity index (χ3n) is 13.7. The molecule has 346 valence electrons. The second-order valence-electron chi connectivity index (χ2n) is 21.3. The molecule has 0 saturated heterocycles. The van der Waals surface area contributed by atoms with Crippen molar-refractivity contribution in [2.75, 3.05) is 13.7 Å². The lowest BCUT2D eigenvalue weighted by molar-refractivity contribution is -0.166. The monoisotopic (exact) mass is 926 g/mol. The number of fused-ring (bicyclic) bond motifs is 3. The molecular weight excluding hydrogens is 853 g/mol. The highest BCUT2D eigenvalue weighted by Gasteiger charge is 2.64. The van der Waals surface area contributed by atoms with Crippen molar-refractivity contribution in [2.24, 2.45) is 16.7 Å². The SMILES string of the molecule is CCC(C)CC(CC(C)(CC(C)(C(=O)OCCC[Si](C)(O[Si](C)(C)C)O[Si](C)(C)C)C1(c2ccccc2)c2ccccc2-c2ccccc21)C(=O)OC)(c1ccccc1)c1ccccc1. The number of hydrogen-bond donors (Lipinski definition) is 0. The van der Waals surface area contributed by atoms with Gasteiger partial charge in [-0.15, -0.1) is 0 Å². The van der Waals surface area contributed by atoms with Crippen LogP contribution in [0.25, 0.3) is 11.1 Å². The van der Waals surface area contributed by atoms with Crippen LogP contribution in [-0.4, -0.2) is 50.9 Å². The van der Waals surface area contributed by atoms with E-state index in [1.165, 1.54) is 7.11 Å². The van der Waals surface area contributed by atoms with Crippen LogP contribution in [-0.2, 0) is 38.1 Å². The lowest BCUT2D eigenvalue weighted by Crippen LogP contribution is -2.55. The molecule has 0 heterocycles. The molecule has 5 aromatic carbocycles. The fourth-order valence-electron chi connectivity index (χ4n) is 11.5. The predicted molar refractivity (Wildman–Crippen MR) is 274 cm³/mol. The van der Waals surface area contributed by atoms with Crippen molar-refractivity contribution in [3.05, 3.63) is 167 Å². The summed E-state index contributed by atoms with van der Waals surface area (Å²) in [4.78, 5) is 31.3. The molecule has 0 bridgehead atoms. The van der Waals surface area contributed by atoms with Crippen molar-refractivity contribution in [3.8, 4) is 11.1 Å². The van der Waals surface area contributed by atoms with E-state index in [0.717, 1.165) is 51.8 Å². The summed E-state index contributed by atoms with van der Waals surface area (Å²) in [5.41, 5.74) is 3.16. The molecule has 65 heavy (non-hydrogen) atoms. The van der Waals surface area contributed by atoms with Crippen LogP contribution in [0.2, 0.25) is 51.9 Å². The Morgan fingerprint density at radius 3 is 1.51 bits per heavy atom. The van der Waals surface area contributed by atoms with Gasteiger partial charge in [0.1, 0.15) is 0 Å².